The van der Waals surface area contributed by atoms with Crippen molar-refractivity contribution in [2.24, 2.45) is 0 Å². The topological polar surface area (TPSA) is 112 Å². The fourth-order valence-corrected chi connectivity index (χ4v) is 3.15. The summed E-state index contributed by atoms with van der Waals surface area (Å²) in [4.78, 5) is 33.3. The zero-order valence-electron chi connectivity index (χ0n) is 16.9. The summed E-state index contributed by atoms with van der Waals surface area (Å²) in [6, 6.07) is 6.97. The monoisotopic (exact) mass is 395 g/mol. The lowest BCUT2D eigenvalue weighted by Crippen LogP contribution is -2.23. The van der Waals surface area contributed by atoms with Gasteiger partial charge < -0.3 is 20.4 Å². The smallest absolute Gasteiger partial charge is 0.337 e. The molecule has 152 valence electrons. The van der Waals surface area contributed by atoms with Crippen LogP contribution >= 0.6 is 0 Å². The molecular formula is C21H25N5O3. The van der Waals surface area contributed by atoms with Gasteiger partial charge in [-0.3, -0.25) is 4.79 Å². The molecule has 0 aliphatic rings. The normalized spacial score (nSPS) is 10.9. The number of benzene rings is 1. The zero-order valence-corrected chi connectivity index (χ0v) is 16.9. The van der Waals surface area contributed by atoms with Crippen molar-refractivity contribution in [2.45, 2.75) is 33.2 Å². The molecule has 3 aromatic rings. The minimum absolute atomic E-state index is 0.134. The molecule has 0 saturated heterocycles. The van der Waals surface area contributed by atoms with Gasteiger partial charge in [-0.15, -0.1) is 0 Å². The third-order valence-corrected chi connectivity index (χ3v) is 4.67. The first-order valence-corrected chi connectivity index (χ1v) is 9.53. The number of ether oxygens (including phenoxy) is 1. The Balaban J connectivity index is 2.01. The lowest BCUT2D eigenvalue weighted by molar-refractivity contribution is 0.0600. The average Bonchev–Trinajstić information content (AvgIpc) is 2.71. The molecule has 0 radical (unpaired) electrons. The van der Waals surface area contributed by atoms with Gasteiger partial charge in [0.15, 0.2) is 0 Å². The highest BCUT2D eigenvalue weighted by Gasteiger charge is 2.15. The van der Waals surface area contributed by atoms with E-state index < -0.39 is 5.97 Å². The maximum absolute atomic E-state index is 13.2. The molecule has 0 bridgehead atoms. The Morgan fingerprint density at radius 1 is 1.24 bits per heavy atom. The molecule has 8 heteroatoms. The van der Waals surface area contributed by atoms with Crippen LogP contribution in [-0.4, -0.2) is 34.2 Å². The number of aryl methyl sites for hydroxylation is 1. The van der Waals surface area contributed by atoms with Crippen LogP contribution < -0.4 is 16.6 Å². The lowest BCUT2D eigenvalue weighted by Gasteiger charge is -2.13. The molecule has 2 aromatic heterocycles. The van der Waals surface area contributed by atoms with Gasteiger partial charge in [0.1, 0.15) is 11.2 Å². The number of nitrogens with zero attached hydrogens (tertiary/aromatic N) is 3. The summed E-state index contributed by atoms with van der Waals surface area (Å²) in [5, 5.41) is 3.65. The molecule has 1 aromatic carbocycles. The lowest BCUT2D eigenvalue weighted by atomic mass is 10.1. The van der Waals surface area contributed by atoms with Crippen LogP contribution in [0.15, 0.2) is 35.3 Å². The van der Waals surface area contributed by atoms with E-state index in [1.54, 1.807) is 35.0 Å². The van der Waals surface area contributed by atoms with Crippen molar-refractivity contribution in [3.8, 4) is 0 Å². The Hall–Kier alpha value is -3.42. The standard InChI is InChI=1S/C21H25N5O3/c1-4-5-10-23-18-16-17(24-21(22)25-18)13(2)11-26(19(16)27)12-14-6-8-15(9-7-14)20(28)29-3/h6-9,11H,4-5,10,12H2,1-3H3,(H3,22,23,24,25). The number of hydrogen-bond acceptors (Lipinski definition) is 7. The van der Waals surface area contributed by atoms with Crippen LogP contribution in [0.3, 0.4) is 0 Å². The molecule has 0 spiro atoms. The van der Waals surface area contributed by atoms with Gasteiger partial charge in [-0.1, -0.05) is 25.5 Å². The third kappa shape index (κ3) is 4.37. The number of hydrogen-bond donors (Lipinski definition) is 2. The van der Waals surface area contributed by atoms with Crippen LogP contribution in [0.4, 0.5) is 11.8 Å². The number of nitrogens with one attached hydrogen (secondary N) is 1. The maximum Gasteiger partial charge on any atom is 0.337 e. The second kappa shape index (κ2) is 8.72. The van der Waals surface area contributed by atoms with E-state index in [1.807, 2.05) is 6.92 Å². The summed E-state index contributed by atoms with van der Waals surface area (Å²) in [6.45, 7) is 5.04. The van der Waals surface area contributed by atoms with Crippen molar-refractivity contribution >= 4 is 28.6 Å². The van der Waals surface area contributed by atoms with Crippen LogP contribution in [0.1, 0.15) is 41.3 Å². The molecular weight excluding hydrogens is 370 g/mol. The molecule has 0 amide bonds. The van der Waals surface area contributed by atoms with E-state index in [0.29, 0.717) is 35.4 Å². The number of esters is 1. The SMILES string of the molecule is CCCCNc1nc(N)nc2c(C)cn(Cc3ccc(C(=O)OC)cc3)c(=O)c12. The van der Waals surface area contributed by atoms with E-state index >= 15 is 0 Å². The largest absolute Gasteiger partial charge is 0.465 e. The maximum atomic E-state index is 13.2. The van der Waals surface area contributed by atoms with E-state index in [4.69, 9.17) is 10.5 Å². The van der Waals surface area contributed by atoms with Crippen LogP contribution in [0.5, 0.6) is 0 Å². The fourth-order valence-electron chi connectivity index (χ4n) is 3.15. The minimum atomic E-state index is -0.396. The van der Waals surface area contributed by atoms with Gasteiger partial charge >= 0.3 is 5.97 Å². The fraction of sp³-hybridized carbons (Fsp3) is 0.333. The van der Waals surface area contributed by atoms with Gasteiger partial charge in [-0.2, -0.15) is 4.98 Å². The number of fused-ring (bicyclic) bond motifs is 1. The van der Waals surface area contributed by atoms with Gasteiger partial charge in [0.2, 0.25) is 5.95 Å². The summed E-state index contributed by atoms with van der Waals surface area (Å²) in [7, 11) is 1.34. The molecule has 0 saturated carbocycles. The molecule has 0 aliphatic carbocycles. The Labute approximate surface area is 168 Å². The first-order valence-electron chi connectivity index (χ1n) is 9.53. The summed E-state index contributed by atoms with van der Waals surface area (Å²) in [5.41, 5.74) is 8.39. The van der Waals surface area contributed by atoms with Crippen LogP contribution in [0.25, 0.3) is 10.9 Å². The van der Waals surface area contributed by atoms with Crippen molar-refractivity contribution in [1.82, 2.24) is 14.5 Å². The predicted molar refractivity (Wildman–Crippen MR) is 113 cm³/mol. The van der Waals surface area contributed by atoms with E-state index in [9.17, 15) is 9.59 Å². The number of unbranched alkanes of at least 4 members (excludes halogenated alkanes) is 1. The molecule has 0 unspecified atom stereocenters. The number of carbonyl (C=O) groups excluding carboxylic acids is 1. The third-order valence-electron chi connectivity index (χ3n) is 4.67. The highest BCUT2D eigenvalue weighted by Crippen LogP contribution is 2.21. The summed E-state index contributed by atoms with van der Waals surface area (Å²) >= 11 is 0. The summed E-state index contributed by atoms with van der Waals surface area (Å²) in [5.74, 6) is 0.201. The number of rotatable bonds is 7. The van der Waals surface area contributed by atoms with Gasteiger partial charge in [0, 0.05) is 12.7 Å². The molecule has 8 nitrogen and oxygen atoms in total. The van der Waals surface area contributed by atoms with E-state index in [0.717, 1.165) is 24.0 Å². The first-order chi connectivity index (χ1) is 13.9. The van der Waals surface area contributed by atoms with Crippen molar-refractivity contribution in [3.05, 3.63) is 57.5 Å². The van der Waals surface area contributed by atoms with Crippen molar-refractivity contribution in [3.63, 3.8) is 0 Å². The minimum Gasteiger partial charge on any atom is -0.465 e. The number of aromatic nitrogens is 3. The Morgan fingerprint density at radius 3 is 2.62 bits per heavy atom. The molecule has 0 aliphatic heterocycles. The molecule has 29 heavy (non-hydrogen) atoms. The Morgan fingerprint density at radius 2 is 1.97 bits per heavy atom. The number of anilines is 2. The second-order valence-electron chi connectivity index (χ2n) is 6.87. The van der Waals surface area contributed by atoms with Crippen molar-refractivity contribution in [1.29, 1.82) is 0 Å². The molecule has 2 heterocycles. The van der Waals surface area contributed by atoms with Crippen molar-refractivity contribution in [2.75, 3.05) is 24.7 Å². The molecule has 3 N–H and O–H groups in total. The van der Waals surface area contributed by atoms with Gasteiger partial charge in [0.25, 0.3) is 5.56 Å². The van der Waals surface area contributed by atoms with Crippen LogP contribution in [0, 0.1) is 6.92 Å². The molecule has 0 fully saturated rings. The zero-order chi connectivity index (χ0) is 21.0. The van der Waals surface area contributed by atoms with Gasteiger partial charge in [-0.25, -0.2) is 9.78 Å². The average molecular weight is 395 g/mol. The second-order valence-corrected chi connectivity index (χ2v) is 6.87. The first kappa shape index (κ1) is 20.3. The van der Waals surface area contributed by atoms with Crippen molar-refractivity contribution < 1.29 is 9.53 Å². The molecule has 3 rings (SSSR count). The number of nitrogen functional groups attached to an aromatic ring is 1. The van der Waals surface area contributed by atoms with Gasteiger partial charge in [-0.05, 0) is 36.6 Å². The van der Waals surface area contributed by atoms with E-state index in [2.05, 4.69) is 22.2 Å². The van der Waals surface area contributed by atoms with Crippen LogP contribution in [-0.2, 0) is 11.3 Å². The quantitative estimate of drug-likeness (QED) is 0.467. The highest BCUT2D eigenvalue weighted by molar-refractivity contribution is 5.91. The number of pyridine rings is 1. The summed E-state index contributed by atoms with van der Waals surface area (Å²) < 4.78 is 6.34. The summed E-state index contributed by atoms with van der Waals surface area (Å²) in [6.07, 6.45) is 3.75. The number of carbonyl (C=O) groups is 1. The van der Waals surface area contributed by atoms with E-state index in [-0.39, 0.29) is 11.5 Å². The Bertz CT molecular complexity index is 1090. The highest BCUT2D eigenvalue weighted by atomic mass is 16.5. The Kier molecular flexibility index (Phi) is 6.11. The number of methoxy groups -OCH3 is 1. The van der Waals surface area contributed by atoms with Crippen LogP contribution in [0.2, 0.25) is 0 Å². The van der Waals surface area contributed by atoms with E-state index in [1.165, 1.54) is 7.11 Å². The number of nitrogens with two attached hydrogens (primary N) is 1. The predicted octanol–water partition coefficient (Wildman–Crippen LogP) is 2.73. The molecule has 0 atom stereocenters. The van der Waals surface area contributed by atoms with Gasteiger partial charge in [0.05, 0.1) is 24.7 Å².